The van der Waals surface area contributed by atoms with Crippen molar-refractivity contribution in [3.63, 3.8) is 0 Å². The van der Waals surface area contributed by atoms with E-state index < -0.39 is 11.5 Å². The Morgan fingerprint density at radius 2 is 1.77 bits per heavy atom. The maximum absolute atomic E-state index is 11.2. The zero-order valence-electron chi connectivity index (χ0n) is 14.4. The summed E-state index contributed by atoms with van der Waals surface area (Å²) in [6.45, 7) is 0.957. The van der Waals surface area contributed by atoms with Crippen molar-refractivity contribution in [2.75, 3.05) is 13.1 Å². The van der Waals surface area contributed by atoms with Gasteiger partial charge < -0.3 is 10.0 Å². The molecule has 1 aliphatic heterocycles. The SMILES string of the molecule is N#CC(Cc1ccccc1Br)(c1ccccc1)C1CCN(C(=O)O)CC1. The fourth-order valence-corrected chi connectivity index (χ4v) is 4.34. The second kappa shape index (κ2) is 7.92. The van der Waals surface area contributed by atoms with Crippen molar-refractivity contribution in [3.05, 3.63) is 70.2 Å². The topological polar surface area (TPSA) is 64.3 Å². The van der Waals surface area contributed by atoms with Crippen LogP contribution in [0, 0.1) is 17.2 Å². The van der Waals surface area contributed by atoms with Gasteiger partial charge in [0.2, 0.25) is 0 Å². The van der Waals surface area contributed by atoms with Gasteiger partial charge in [-0.15, -0.1) is 0 Å². The molecule has 0 saturated carbocycles. The third-order valence-corrected chi connectivity index (χ3v) is 6.15. The van der Waals surface area contributed by atoms with Gasteiger partial charge in [-0.2, -0.15) is 5.26 Å². The summed E-state index contributed by atoms with van der Waals surface area (Å²) in [7, 11) is 0. The predicted molar refractivity (Wildman–Crippen MR) is 104 cm³/mol. The molecule has 26 heavy (non-hydrogen) atoms. The second-order valence-electron chi connectivity index (χ2n) is 6.76. The number of carboxylic acid groups (broad SMARTS) is 1. The molecule has 1 amide bonds. The molecule has 0 aromatic heterocycles. The Hall–Kier alpha value is -2.32. The smallest absolute Gasteiger partial charge is 0.407 e. The summed E-state index contributed by atoms with van der Waals surface area (Å²) in [6.07, 6.45) is 1.11. The number of piperidine rings is 1. The standard InChI is InChI=1S/C21H21BrN2O2/c22-19-9-5-4-6-16(19)14-21(15-23,17-7-2-1-3-8-17)18-10-12-24(13-11-18)20(25)26/h1-9,18H,10-14H2,(H,25,26). The molecular weight excluding hydrogens is 392 g/mol. The first-order valence-electron chi connectivity index (χ1n) is 8.75. The number of benzene rings is 2. The van der Waals surface area contributed by atoms with Crippen molar-refractivity contribution < 1.29 is 9.90 Å². The molecule has 0 spiro atoms. The summed E-state index contributed by atoms with van der Waals surface area (Å²) in [4.78, 5) is 12.7. The van der Waals surface area contributed by atoms with Crippen LogP contribution < -0.4 is 0 Å². The third-order valence-electron chi connectivity index (χ3n) is 5.38. The minimum absolute atomic E-state index is 0.109. The molecule has 0 bridgehead atoms. The lowest BCUT2D eigenvalue weighted by Crippen LogP contribution is -2.45. The van der Waals surface area contributed by atoms with Gasteiger partial charge in [0.1, 0.15) is 0 Å². The highest BCUT2D eigenvalue weighted by Crippen LogP contribution is 2.42. The van der Waals surface area contributed by atoms with E-state index in [1.54, 1.807) is 0 Å². The quantitative estimate of drug-likeness (QED) is 0.780. The average Bonchev–Trinajstić information content (AvgIpc) is 2.68. The highest BCUT2D eigenvalue weighted by atomic mass is 79.9. The molecule has 4 nitrogen and oxygen atoms in total. The van der Waals surface area contributed by atoms with E-state index in [0.717, 1.165) is 15.6 Å². The number of likely N-dealkylation sites (tertiary alicyclic amines) is 1. The van der Waals surface area contributed by atoms with E-state index in [2.05, 4.69) is 22.0 Å². The molecule has 5 heteroatoms. The van der Waals surface area contributed by atoms with E-state index in [1.165, 1.54) is 4.90 Å². The maximum Gasteiger partial charge on any atom is 0.407 e. The van der Waals surface area contributed by atoms with Crippen LogP contribution in [0.5, 0.6) is 0 Å². The monoisotopic (exact) mass is 412 g/mol. The minimum atomic E-state index is -0.878. The number of nitriles is 1. The van der Waals surface area contributed by atoms with Gasteiger partial charge in [-0.3, -0.25) is 0 Å². The number of hydrogen-bond donors (Lipinski definition) is 1. The lowest BCUT2D eigenvalue weighted by Gasteiger charge is -2.40. The lowest BCUT2D eigenvalue weighted by atomic mass is 9.64. The first kappa shape index (κ1) is 18.5. The molecule has 1 saturated heterocycles. The van der Waals surface area contributed by atoms with Crippen LogP contribution in [-0.4, -0.2) is 29.2 Å². The van der Waals surface area contributed by atoms with Crippen molar-refractivity contribution in [1.29, 1.82) is 5.26 Å². The third kappa shape index (κ3) is 3.61. The molecular formula is C21H21BrN2O2. The Bertz CT molecular complexity index is 810. The molecule has 1 fully saturated rings. The summed E-state index contributed by atoms with van der Waals surface area (Å²) in [5, 5.41) is 19.5. The van der Waals surface area contributed by atoms with Crippen molar-refractivity contribution in [3.8, 4) is 6.07 Å². The molecule has 3 rings (SSSR count). The van der Waals surface area contributed by atoms with E-state index in [4.69, 9.17) is 0 Å². The predicted octanol–water partition coefficient (Wildman–Crippen LogP) is 4.84. The molecule has 134 valence electrons. The first-order valence-corrected chi connectivity index (χ1v) is 9.54. The van der Waals surface area contributed by atoms with Crippen LogP contribution in [0.25, 0.3) is 0 Å². The van der Waals surface area contributed by atoms with Crippen molar-refractivity contribution in [2.24, 2.45) is 5.92 Å². The highest BCUT2D eigenvalue weighted by Gasteiger charge is 2.43. The van der Waals surface area contributed by atoms with Gasteiger partial charge in [-0.25, -0.2) is 4.79 Å². The van der Waals surface area contributed by atoms with E-state index >= 15 is 0 Å². The molecule has 1 atom stereocenters. The van der Waals surface area contributed by atoms with Gasteiger partial charge in [0.05, 0.1) is 11.5 Å². The molecule has 0 radical (unpaired) electrons. The second-order valence-corrected chi connectivity index (χ2v) is 7.62. The maximum atomic E-state index is 11.2. The van der Waals surface area contributed by atoms with E-state index in [0.29, 0.717) is 32.4 Å². The van der Waals surface area contributed by atoms with Crippen LogP contribution in [0.4, 0.5) is 4.79 Å². The summed E-state index contributed by atoms with van der Waals surface area (Å²) < 4.78 is 0.999. The molecule has 2 aromatic rings. The molecule has 0 aliphatic carbocycles. The van der Waals surface area contributed by atoms with Crippen LogP contribution in [0.1, 0.15) is 24.0 Å². The summed E-state index contributed by atoms with van der Waals surface area (Å²) in [6, 6.07) is 20.6. The van der Waals surface area contributed by atoms with Gasteiger partial charge in [0.15, 0.2) is 0 Å². The van der Waals surface area contributed by atoms with Crippen molar-refractivity contribution >= 4 is 22.0 Å². The Morgan fingerprint density at radius 3 is 2.35 bits per heavy atom. The fourth-order valence-electron chi connectivity index (χ4n) is 3.92. The van der Waals surface area contributed by atoms with Gasteiger partial charge in [-0.1, -0.05) is 64.5 Å². The summed E-state index contributed by atoms with van der Waals surface area (Å²) >= 11 is 3.61. The molecule has 1 heterocycles. The van der Waals surface area contributed by atoms with Crippen LogP contribution in [0.15, 0.2) is 59.1 Å². The van der Waals surface area contributed by atoms with E-state index in [-0.39, 0.29) is 5.92 Å². The largest absolute Gasteiger partial charge is 0.465 e. The van der Waals surface area contributed by atoms with Crippen molar-refractivity contribution in [2.45, 2.75) is 24.7 Å². The fraction of sp³-hybridized carbons (Fsp3) is 0.333. The summed E-state index contributed by atoms with van der Waals surface area (Å²) in [5.41, 5.74) is 1.43. The first-order chi connectivity index (χ1) is 12.6. The number of nitrogens with zero attached hydrogens (tertiary/aromatic N) is 2. The van der Waals surface area contributed by atoms with E-state index in [1.807, 2.05) is 54.6 Å². The lowest BCUT2D eigenvalue weighted by molar-refractivity contribution is 0.112. The number of rotatable bonds is 4. The highest BCUT2D eigenvalue weighted by molar-refractivity contribution is 9.10. The zero-order valence-corrected chi connectivity index (χ0v) is 16.0. The molecule has 2 aromatic carbocycles. The van der Waals surface area contributed by atoms with Gasteiger partial charge >= 0.3 is 6.09 Å². The van der Waals surface area contributed by atoms with E-state index in [9.17, 15) is 15.2 Å². The average molecular weight is 413 g/mol. The zero-order chi connectivity index (χ0) is 18.6. The number of halogens is 1. The van der Waals surface area contributed by atoms with Crippen molar-refractivity contribution in [1.82, 2.24) is 4.90 Å². The molecule has 1 aliphatic rings. The Kier molecular flexibility index (Phi) is 5.63. The molecule has 1 unspecified atom stereocenters. The van der Waals surface area contributed by atoms with Gasteiger partial charge in [-0.05, 0) is 42.4 Å². The van der Waals surface area contributed by atoms with Gasteiger partial charge in [0.25, 0.3) is 0 Å². The number of carbonyl (C=O) groups is 1. The Labute approximate surface area is 162 Å². The van der Waals surface area contributed by atoms with Crippen LogP contribution in [0.2, 0.25) is 0 Å². The Morgan fingerprint density at radius 1 is 1.15 bits per heavy atom. The number of amides is 1. The van der Waals surface area contributed by atoms with Gasteiger partial charge in [0, 0.05) is 17.6 Å². The molecule has 1 N–H and O–H groups in total. The normalized spacial score (nSPS) is 17.3. The minimum Gasteiger partial charge on any atom is -0.465 e. The number of hydrogen-bond acceptors (Lipinski definition) is 2. The summed E-state index contributed by atoms with van der Waals surface area (Å²) in [5.74, 6) is 0.109. The van der Waals surface area contributed by atoms with Crippen LogP contribution in [0.3, 0.4) is 0 Å². The van der Waals surface area contributed by atoms with Crippen LogP contribution in [-0.2, 0) is 11.8 Å². The van der Waals surface area contributed by atoms with Crippen LogP contribution >= 0.6 is 15.9 Å². The Balaban J connectivity index is 1.98.